The molecular weight excluding hydrogens is 346 g/mol. The van der Waals surface area contributed by atoms with Gasteiger partial charge in [0.1, 0.15) is 0 Å². The number of carbonyl (C=O) groups is 2. The number of methoxy groups -OCH3 is 2. The van der Waals surface area contributed by atoms with Crippen LogP contribution in [0.25, 0.3) is 10.9 Å². The third-order valence-corrected chi connectivity index (χ3v) is 4.50. The zero-order chi connectivity index (χ0) is 18.4. The van der Waals surface area contributed by atoms with Crippen LogP contribution in [0.4, 0.5) is 4.79 Å². The van der Waals surface area contributed by atoms with Gasteiger partial charge in [0.15, 0.2) is 5.16 Å². The number of imide groups is 1. The normalized spacial score (nSPS) is 12.0. The highest BCUT2D eigenvalue weighted by atomic mass is 32.2. The lowest BCUT2D eigenvalue weighted by molar-refractivity contribution is -0.119. The zero-order valence-corrected chi connectivity index (χ0v) is 15.0. The number of aromatic nitrogens is 2. The molecule has 1 atom stereocenters. The van der Waals surface area contributed by atoms with E-state index in [9.17, 15) is 14.4 Å². The molecule has 134 valence electrons. The zero-order valence-electron chi connectivity index (χ0n) is 14.1. The van der Waals surface area contributed by atoms with Crippen LogP contribution in [0.2, 0.25) is 0 Å². The summed E-state index contributed by atoms with van der Waals surface area (Å²) in [6.45, 7) is 2.25. The van der Waals surface area contributed by atoms with E-state index in [-0.39, 0.29) is 5.56 Å². The van der Waals surface area contributed by atoms with Crippen LogP contribution in [-0.4, -0.2) is 47.6 Å². The van der Waals surface area contributed by atoms with Crippen molar-refractivity contribution in [3.8, 4) is 0 Å². The molecule has 1 heterocycles. The summed E-state index contributed by atoms with van der Waals surface area (Å²) in [5.41, 5.74) is 0.343. The molecule has 1 aromatic carbocycles. The lowest BCUT2D eigenvalue weighted by Gasteiger charge is -2.15. The number of hydrogen-bond donors (Lipinski definition) is 1. The maximum Gasteiger partial charge on any atom is 0.413 e. The second kappa shape index (κ2) is 8.63. The number of para-hydroxylation sites is 1. The molecule has 0 radical (unpaired) electrons. The van der Waals surface area contributed by atoms with Crippen LogP contribution in [0, 0.1) is 0 Å². The highest BCUT2D eigenvalue weighted by Gasteiger charge is 2.21. The first kappa shape index (κ1) is 18.9. The molecule has 9 heteroatoms. The Kier molecular flexibility index (Phi) is 6.54. The summed E-state index contributed by atoms with van der Waals surface area (Å²) in [4.78, 5) is 40.4. The van der Waals surface area contributed by atoms with Crippen molar-refractivity contribution in [2.24, 2.45) is 0 Å². The van der Waals surface area contributed by atoms with Crippen molar-refractivity contribution in [1.82, 2.24) is 14.9 Å². The Morgan fingerprint density at radius 1 is 1.32 bits per heavy atom. The monoisotopic (exact) mass is 365 g/mol. The van der Waals surface area contributed by atoms with Gasteiger partial charge in [-0.25, -0.2) is 9.78 Å². The second-order valence-electron chi connectivity index (χ2n) is 5.10. The lowest BCUT2D eigenvalue weighted by Crippen LogP contribution is -2.36. The van der Waals surface area contributed by atoms with Crippen LogP contribution in [0.15, 0.2) is 34.2 Å². The van der Waals surface area contributed by atoms with E-state index in [2.05, 4.69) is 15.0 Å². The van der Waals surface area contributed by atoms with Crippen molar-refractivity contribution >= 4 is 34.7 Å². The predicted octanol–water partition coefficient (Wildman–Crippen LogP) is 1.41. The van der Waals surface area contributed by atoms with Crippen molar-refractivity contribution in [3.63, 3.8) is 0 Å². The molecule has 2 aromatic rings. The van der Waals surface area contributed by atoms with Crippen molar-refractivity contribution in [2.75, 3.05) is 20.8 Å². The largest absolute Gasteiger partial charge is 0.453 e. The Bertz CT molecular complexity index is 836. The number of carbonyl (C=O) groups excluding carboxylic acids is 2. The van der Waals surface area contributed by atoms with Gasteiger partial charge in [-0.3, -0.25) is 19.5 Å². The number of rotatable bonds is 6. The average Bonchev–Trinajstić information content (AvgIpc) is 2.61. The van der Waals surface area contributed by atoms with Crippen LogP contribution in [0.3, 0.4) is 0 Å². The SMILES string of the molecule is COCCn1c(S[C@H](C)C(=O)NC(=O)OC)nc2ccccc2c1=O. The summed E-state index contributed by atoms with van der Waals surface area (Å²) in [5, 5.41) is 2.33. The third kappa shape index (κ3) is 4.58. The molecular formula is C16H19N3O5S. The van der Waals surface area contributed by atoms with Crippen molar-refractivity contribution in [2.45, 2.75) is 23.9 Å². The number of nitrogens with one attached hydrogen (secondary N) is 1. The van der Waals surface area contributed by atoms with Gasteiger partial charge >= 0.3 is 6.09 Å². The molecule has 25 heavy (non-hydrogen) atoms. The molecule has 1 aromatic heterocycles. The van der Waals surface area contributed by atoms with E-state index in [1.54, 1.807) is 38.3 Å². The summed E-state index contributed by atoms with van der Waals surface area (Å²) in [5.74, 6) is -0.530. The fraction of sp³-hybridized carbons (Fsp3) is 0.375. The molecule has 2 amide bonds. The van der Waals surface area contributed by atoms with Gasteiger partial charge in [0.25, 0.3) is 5.56 Å². The molecule has 0 saturated carbocycles. The van der Waals surface area contributed by atoms with Gasteiger partial charge in [-0.05, 0) is 19.1 Å². The molecule has 1 N–H and O–H groups in total. The quantitative estimate of drug-likeness (QED) is 0.610. The van der Waals surface area contributed by atoms with Crippen LogP contribution in [0.1, 0.15) is 6.92 Å². The van der Waals surface area contributed by atoms with Gasteiger partial charge in [-0.2, -0.15) is 0 Å². The summed E-state index contributed by atoms with van der Waals surface area (Å²) < 4.78 is 10.9. The molecule has 0 aliphatic heterocycles. The number of ether oxygens (including phenoxy) is 2. The maximum absolute atomic E-state index is 12.7. The Balaban J connectivity index is 2.36. The van der Waals surface area contributed by atoms with Gasteiger partial charge in [-0.1, -0.05) is 23.9 Å². The van der Waals surface area contributed by atoms with E-state index >= 15 is 0 Å². The molecule has 0 unspecified atom stereocenters. The van der Waals surface area contributed by atoms with Crippen LogP contribution < -0.4 is 10.9 Å². The van der Waals surface area contributed by atoms with Gasteiger partial charge in [0, 0.05) is 7.11 Å². The molecule has 0 bridgehead atoms. The van der Waals surface area contributed by atoms with Crippen LogP contribution in [0.5, 0.6) is 0 Å². The Morgan fingerprint density at radius 3 is 2.72 bits per heavy atom. The first-order valence-corrected chi connectivity index (χ1v) is 8.40. The standard InChI is InChI=1S/C16H19N3O5S/c1-10(13(20)18-16(22)24-3)25-15-17-12-7-5-4-6-11(12)14(21)19(15)8-9-23-2/h4-7,10H,8-9H2,1-3H3,(H,18,20,22)/t10-/m1/s1. The van der Waals surface area contributed by atoms with E-state index in [1.807, 2.05) is 0 Å². The van der Waals surface area contributed by atoms with Crippen LogP contribution in [-0.2, 0) is 20.8 Å². The Hall–Kier alpha value is -2.39. The number of fused-ring (bicyclic) bond motifs is 1. The minimum atomic E-state index is -0.833. The highest BCUT2D eigenvalue weighted by Crippen LogP contribution is 2.22. The molecule has 0 aliphatic carbocycles. The molecule has 0 aliphatic rings. The third-order valence-electron chi connectivity index (χ3n) is 3.41. The second-order valence-corrected chi connectivity index (χ2v) is 6.41. The fourth-order valence-electron chi connectivity index (χ4n) is 2.08. The molecule has 2 rings (SSSR count). The summed E-state index contributed by atoms with van der Waals surface area (Å²) >= 11 is 1.09. The van der Waals surface area contributed by atoms with E-state index in [0.29, 0.717) is 29.2 Å². The number of amides is 2. The number of hydrogen-bond acceptors (Lipinski definition) is 7. The van der Waals surface area contributed by atoms with E-state index in [4.69, 9.17) is 4.74 Å². The number of nitrogens with zero attached hydrogens (tertiary/aromatic N) is 2. The number of alkyl carbamates (subject to hydrolysis) is 1. The Labute approximate surface area is 148 Å². The van der Waals surface area contributed by atoms with Crippen LogP contribution >= 0.6 is 11.8 Å². The summed E-state index contributed by atoms with van der Waals surface area (Å²) in [7, 11) is 2.71. The highest BCUT2D eigenvalue weighted by molar-refractivity contribution is 8.00. The smallest absolute Gasteiger partial charge is 0.413 e. The fourth-order valence-corrected chi connectivity index (χ4v) is 3.02. The minimum Gasteiger partial charge on any atom is -0.453 e. The Morgan fingerprint density at radius 2 is 2.04 bits per heavy atom. The number of benzene rings is 1. The molecule has 0 spiro atoms. The lowest BCUT2D eigenvalue weighted by atomic mass is 10.2. The van der Waals surface area contributed by atoms with E-state index in [0.717, 1.165) is 11.8 Å². The summed E-state index contributed by atoms with van der Waals surface area (Å²) in [6, 6.07) is 7.00. The van der Waals surface area contributed by atoms with Gasteiger partial charge in [0.05, 0.1) is 36.4 Å². The van der Waals surface area contributed by atoms with Gasteiger partial charge < -0.3 is 9.47 Å². The first-order valence-electron chi connectivity index (χ1n) is 7.52. The number of thioether (sulfide) groups is 1. The van der Waals surface area contributed by atoms with Crippen molar-refractivity contribution in [3.05, 3.63) is 34.6 Å². The minimum absolute atomic E-state index is 0.203. The predicted molar refractivity (Wildman–Crippen MR) is 93.7 cm³/mol. The maximum atomic E-state index is 12.7. The van der Waals surface area contributed by atoms with Gasteiger partial charge in [-0.15, -0.1) is 0 Å². The van der Waals surface area contributed by atoms with Crippen molar-refractivity contribution < 1.29 is 19.1 Å². The average molecular weight is 365 g/mol. The molecule has 8 nitrogen and oxygen atoms in total. The topological polar surface area (TPSA) is 99.5 Å². The van der Waals surface area contributed by atoms with Gasteiger partial charge in [0.2, 0.25) is 5.91 Å². The summed E-state index contributed by atoms with van der Waals surface area (Å²) in [6.07, 6.45) is -0.833. The van der Waals surface area contributed by atoms with E-state index in [1.165, 1.54) is 11.7 Å². The molecule has 0 saturated heterocycles. The molecule has 0 fully saturated rings. The van der Waals surface area contributed by atoms with E-state index < -0.39 is 17.3 Å². The first-order chi connectivity index (χ1) is 12.0. The van der Waals surface area contributed by atoms with Crippen molar-refractivity contribution in [1.29, 1.82) is 0 Å².